The fraction of sp³-hybridized carbons (Fsp3) is 0.438. The molecule has 0 aromatic carbocycles. The van der Waals surface area contributed by atoms with Crippen molar-refractivity contribution in [2.75, 3.05) is 11.6 Å². The van der Waals surface area contributed by atoms with E-state index in [1.54, 1.807) is 12.3 Å². The van der Waals surface area contributed by atoms with E-state index in [0.29, 0.717) is 16.9 Å². The topological polar surface area (TPSA) is 93.9 Å². The minimum absolute atomic E-state index is 0.126. The Balaban J connectivity index is 2.19. The third kappa shape index (κ3) is 3.33. The van der Waals surface area contributed by atoms with Gasteiger partial charge < -0.3 is 5.32 Å². The molecule has 0 aliphatic carbocycles. The van der Waals surface area contributed by atoms with Crippen LogP contribution in [0.3, 0.4) is 0 Å². The van der Waals surface area contributed by atoms with Crippen LogP contribution in [-0.2, 0) is 21.2 Å². The maximum atomic E-state index is 12.4. The number of carbonyl (C=O) groups excluding carboxylic acids is 1. The van der Waals surface area contributed by atoms with Crippen molar-refractivity contribution in [2.45, 2.75) is 32.6 Å². The van der Waals surface area contributed by atoms with Gasteiger partial charge in [0.1, 0.15) is 5.69 Å². The van der Waals surface area contributed by atoms with E-state index in [0.717, 1.165) is 41.7 Å². The highest BCUT2D eigenvalue weighted by molar-refractivity contribution is 7.89. The van der Waals surface area contributed by atoms with Gasteiger partial charge in [-0.3, -0.25) is 9.78 Å². The van der Waals surface area contributed by atoms with E-state index in [1.165, 1.54) is 6.20 Å². The van der Waals surface area contributed by atoms with Crippen molar-refractivity contribution in [3.63, 3.8) is 0 Å². The Morgan fingerprint density at radius 1 is 1.33 bits per heavy atom. The van der Waals surface area contributed by atoms with E-state index >= 15 is 0 Å². The van der Waals surface area contributed by atoms with Gasteiger partial charge in [0.2, 0.25) is 5.91 Å². The van der Waals surface area contributed by atoms with Crippen LogP contribution in [0.2, 0.25) is 0 Å². The minimum Gasteiger partial charge on any atom is -0.323 e. The summed E-state index contributed by atoms with van der Waals surface area (Å²) in [6, 6.07) is 3.59. The number of fused-ring (bicyclic) bond motifs is 4. The number of anilines is 1. The second-order valence-corrected chi connectivity index (χ2v) is 8.00. The van der Waals surface area contributed by atoms with Crippen molar-refractivity contribution < 1.29 is 13.2 Å². The van der Waals surface area contributed by atoms with Crippen LogP contribution in [0.15, 0.2) is 24.5 Å². The number of aryl methyl sites for hydroxylation is 1. The van der Waals surface area contributed by atoms with Gasteiger partial charge in [-0.2, -0.15) is 9.19 Å². The Bertz CT molecular complexity index is 873. The fourth-order valence-corrected chi connectivity index (χ4v) is 3.60. The highest BCUT2D eigenvalue weighted by Gasteiger charge is 2.23. The van der Waals surface area contributed by atoms with Crippen molar-refractivity contribution in [1.82, 2.24) is 14.2 Å². The summed E-state index contributed by atoms with van der Waals surface area (Å²) in [5.74, 6) is -0.274. The van der Waals surface area contributed by atoms with Crippen LogP contribution in [0, 0.1) is 5.92 Å². The average Bonchev–Trinajstić information content (AvgIpc) is 2.94. The lowest BCUT2D eigenvalue weighted by Crippen LogP contribution is -2.21. The molecule has 8 heteroatoms. The molecule has 3 rings (SSSR count). The Morgan fingerprint density at radius 2 is 2.12 bits per heavy atom. The van der Waals surface area contributed by atoms with Crippen LogP contribution in [0.25, 0.3) is 11.3 Å². The van der Waals surface area contributed by atoms with E-state index in [9.17, 15) is 13.2 Å². The number of aromatic nitrogens is 3. The van der Waals surface area contributed by atoms with Crippen LogP contribution in [0.5, 0.6) is 0 Å². The number of hydrogen-bond donors (Lipinski definition) is 1. The third-order valence-corrected chi connectivity index (χ3v) is 5.07. The summed E-state index contributed by atoms with van der Waals surface area (Å²) in [7, 11) is -3.59. The maximum absolute atomic E-state index is 12.4. The highest BCUT2D eigenvalue weighted by atomic mass is 32.2. The molecular weight excluding hydrogens is 328 g/mol. The van der Waals surface area contributed by atoms with Crippen molar-refractivity contribution in [3.8, 4) is 11.3 Å². The molecule has 1 amide bonds. The Hall–Kier alpha value is -2.22. The zero-order chi connectivity index (χ0) is 17.3. The van der Waals surface area contributed by atoms with Gasteiger partial charge in [-0.1, -0.05) is 13.3 Å². The SMILES string of the molecule is CC1CCCCc2cc(ccn2)-c2c(cnn2S(C)(=O)=O)NC1=O. The fourth-order valence-electron chi connectivity index (χ4n) is 2.85. The predicted molar refractivity (Wildman–Crippen MR) is 91.0 cm³/mol. The first kappa shape index (κ1) is 16.6. The molecule has 7 nitrogen and oxygen atoms in total. The van der Waals surface area contributed by atoms with Crippen LogP contribution < -0.4 is 5.32 Å². The van der Waals surface area contributed by atoms with Gasteiger partial charge in [0.15, 0.2) is 0 Å². The zero-order valence-electron chi connectivity index (χ0n) is 13.7. The molecule has 2 bridgehead atoms. The molecule has 3 heterocycles. The van der Waals surface area contributed by atoms with Gasteiger partial charge >= 0.3 is 0 Å². The van der Waals surface area contributed by atoms with Gasteiger partial charge in [0, 0.05) is 23.4 Å². The third-order valence-electron chi connectivity index (χ3n) is 4.17. The molecule has 1 unspecified atom stereocenters. The number of carbonyl (C=O) groups is 1. The lowest BCUT2D eigenvalue weighted by molar-refractivity contribution is -0.119. The first-order chi connectivity index (χ1) is 11.4. The van der Waals surface area contributed by atoms with Gasteiger partial charge in [-0.15, -0.1) is 0 Å². The molecule has 0 radical (unpaired) electrons. The first-order valence-electron chi connectivity index (χ1n) is 7.91. The van der Waals surface area contributed by atoms with E-state index in [4.69, 9.17) is 0 Å². The summed E-state index contributed by atoms with van der Waals surface area (Å²) in [5.41, 5.74) is 2.34. The summed E-state index contributed by atoms with van der Waals surface area (Å²) in [6.45, 7) is 1.87. The van der Waals surface area contributed by atoms with Crippen molar-refractivity contribution in [3.05, 3.63) is 30.2 Å². The molecule has 128 valence electrons. The quantitative estimate of drug-likeness (QED) is 0.851. The molecule has 1 atom stereocenters. The number of amides is 1. The monoisotopic (exact) mass is 348 g/mol. The summed E-state index contributed by atoms with van der Waals surface area (Å²) in [6.07, 6.45) is 7.58. The molecular formula is C16H20N4O3S. The summed E-state index contributed by atoms with van der Waals surface area (Å²) < 4.78 is 25.1. The van der Waals surface area contributed by atoms with Crippen LogP contribution in [0.1, 0.15) is 31.9 Å². The van der Waals surface area contributed by atoms with E-state index in [-0.39, 0.29) is 11.8 Å². The summed E-state index contributed by atoms with van der Waals surface area (Å²) in [5, 5.41) is 6.79. The molecule has 1 N–H and O–H groups in total. The van der Waals surface area contributed by atoms with Gasteiger partial charge in [-0.05, 0) is 31.4 Å². The molecule has 2 aromatic heterocycles. The number of pyridine rings is 1. The van der Waals surface area contributed by atoms with E-state index in [2.05, 4.69) is 15.4 Å². The first-order valence-corrected chi connectivity index (χ1v) is 9.76. The number of rotatable bonds is 1. The molecule has 0 spiro atoms. The summed E-state index contributed by atoms with van der Waals surface area (Å²) >= 11 is 0. The molecule has 24 heavy (non-hydrogen) atoms. The van der Waals surface area contributed by atoms with Crippen molar-refractivity contribution in [2.24, 2.45) is 5.92 Å². The smallest absolute Gasteiger partial charge is 0.251 e. The Morgan fingerprint density at radius 3 is 2.88 bits per heavy atom. The van der Waals surface area contributed by atoms with E-state index < -0.39 is 10.0 Å². The second kappa shape index (κ2) is 6.35. The molecule has 0 saturated carbocycles. The normalized spacial score (nSPS) is 18.9. The molecule has 0 saturated heterocycles. The number of hydrogen-bond acceptors (Lipinski definition) is 5. The summed E-state index contributed by atoms with van der Waals surface area (Å²) in [4.78, 5) is 16.7. The highest BCUT2D eigenvalue weighted by Crippen LogP contribution is 2.30. The van der Waals surface area contributed by atoms with E-state index in [1.807, 2.05) is 13.0 Å². The lowest BCUT2D eigenvalue weighted by Gasteiger charge is -2.15. The van der Waals surface area contributed by atoms with Gasteiger partial charge in [0.05, 0.1) is 18.1 Å². The number of nitrogens with one attached hydrogen (secondary N) is 1. The van der Waals surface area contributed by atoms with Gasteiger partial charge in [0.25, 0.3) is 10.0 Å². The second-order valence-electron chi connectivity index (χ2n) is 6.18. The zero-order valence-corrected chi connectivity index (χ0v) is 14.5. The Kier molecular flexibility index (Phi) is 4.40. The minimum atomic E-state index is -3.59. The molecule has 0 fully saturated rings. The Labute approximate surface area is 141 Å². The van der Waals surface area contributed by atoms with Crippen LogP contribution >= 0.6 is 0 Å². The molecule has 2 aromatic rings. The van der Waals surface area contributed by atoms with Crippen molar-refractivity contribution >= 4 is 21.6 Å². The largest absolute Gasteiger partial charge is 0.323 e. The van der Waals surface area contributed by atoms with Crippen molar-refractivity contribution in [1.29, 1.82) is 0 Å². The number of nitrogens with zero attached hydrogens (tertiary/aromatic N) is 3. The standard InChI is InChI=1S/C16H20N4O3S/c1-11-5-3-4-6-13-9-12(7-8-17-13)15-14(19-16(11)21)10-18-20(15)24(2,22)23/h7-11H,3-6H2,1-2H3,(H,19,21). The molecule has 1 aliphatic rings. The maximum Gasteiger partial charge on any atom is 0.251 e. The predicted octanol–water partition coefficient (Wildman–Crippen LogP) is 2.05. The lowest BCUT2D eigenvalue weighted by atomic mass is 10.00. The van der Waals surface area contributed by atoms with Gasteiger partial charge in [-0.25, -0.2) is 8.42 Å². The molecule has 1 aliphatic heterocycles. The van der Waals surface area contributed by atoms with Crippen LogP contribution in [-0.4, -0.2) is 34.8 Å². The van der Waals surface area contributed by atoms with Crippen LogP contribution in [0.4, 0.5) is 5.69 Å². The average molecular weight is 348 g/mol.